The van der Waals surface area contributed by atoms with E-state index in [0.717, 1.165) is 11.5 Å². The number of aromatic nitrogens is 3. The fourth-order valence-corrected chi connectivity index (χ4v) is 2.09. The van der Waals surface area contributed by atoms with Crippen LogP contribution in [0.4, 0.5) is 0 Å². The second kappa shape index (κ2) is 6.71. The Morgan fingerprint density at radius 1 is 1.09 bits per heavy atom. The highest BCUT2D eigenvalue weighted by atomic mass is 16.5. The van der Waals surface area contributed by atoms with Gasteiger partial charge in [-0.2, -0.15) is 0 Å². The number of fused-ring (bicyclic) bond motifs is 1. The molecule has 6 nitrogen and oxygen atoms in total. The van der Waals surface area contributed by atoms with E-state index in [1.54, 1.807) is 0 Å². The summed E-state index contributed by atoms with van der Waals surface area (Å²) in [6.07, 6.45) is 2.52. The van der Waals surface area contributed by atoms with Crippen molar-refractivity contribution in [3.05, 3.63) is 60.6 Å². The number of hydrogen-bond acceptors (Lipinski definition) is 4. The van der Waals surface area contributed by atoms with E-state index in [4.69, 9.17) is 4.74 Å². The molecule has 1 aromatic carbocycles. The Morgan fingerprint density at radius 2 is 1.91 bits per heavy atom. The summed E-state index contributed by atoms with van der Waals surface area (Å²) < 4.78 is 7.29. The molecule has 0 fully saturated rings. The second-order valence-electron chi connectivity index (χ2n) is 4.75. The van der Waals surface area contributed by atoms with Crippen LogP contribution in [0.1, 0.15) is 5.82 Å². The number of benzene rings is 1. The summed E-state index contributed by atoms with van der Waals surface area (Å²) in [5, 5.41) is 11.0. The molecule has 22 heavy (non-hydrogen) atoms. The second-order valence-corrected chi connectivity index (χ2v) is 4.75. The monoisotopic (exact) mass is 296 g/mol. The molecule has 0 aliphatic rings. The van der Waals surface area contributed by atoms with Crippen LogP contribution in [0.15, 0.2) is 54.7 Å². The largest absolute Gasteiger partial charge is 0.484 e. The van der Waals surface area contributed by atoms with E-state index in [9.17, 15) is 4.79 Å². The molecule has 3 rings (SSSR count). The number of pyridine rings is 1. The predicted octanol–water partition coefficient (Wildman–Crippen LogP) is 1.47. The lowest BCUT2D eigenvalue weighted by atomic mass is 10.3. The van der Waals surface area contributed by atoms with Gasteiger partial charge in [0.1, 0.15) is 11.6 Å². The van der Waals surface area contributed by atoms with Gasteiger partial charge >= 0.3 is 0 Å². The maximum absolute atomic E-state index is 11.7. The van der Waals surface area contributed by atoms with Crippen molar-refractivity contribution in [1.82, 2.24) is 19.9 Å². The van der Waals surface area contributed by atoms with Gasteiger partial charge in [-0.25, -0.2) is 0 Å². The Labute approximate surface area is 127 Å². The number of rotatable bonds is 6. The van der Waals surface area contributed by atoms with Crippen LogP contribution in [0, 0.1) is 0 Å². The van der Waals surface area contributed by atoms with Gasteiger partial charge in [-0.05, 0) is 24.3 Å². The molecule has 0 saturated carbocycles. The Morgan fingerprint density at radius 3 is 2.77 bits per heavy atom. The normalized spacial score (nSPS) is 10.5. The lowest BCUT2D eigenvalue weighted by molar-refractivity contribution is -0.123. The maximum Gasteiger partial charge on any atom is 0.257 e. The number of ether oxygens (including phenoxy) is 1. The zero-order valence-corrected chi connectivity index (χ0v) is 12.0. The molecule has 0 spiro atoms. The van der Waals surface area contributed by atoms with Crippen LogP contribution >= 0.6 is 0 Å². The van der Waals surface area contributed by atoms with Gasteiger partial charge in [0, 0.05) is 19.2 Å². The molecule has 2 aromatic heterocycles. The van der Waals surface area contributed by atoms with Crippen LogP contribution in [0.3, 0.4) is 0 Å². The summed E-state index contributed by atoms with van der Waals surface area (Å²) in [7, 11) is 0. The minimum absolute atomic E-state index is 0.00456. The van der Waals surface area contributed by atoms with E-state index in [1.165, 1.54) is 0 Å². The number of nitrogens with one attached hydrogen (secondary N) is 1. The van der Waals surface area contributed by atoms with Crippen LogP contribution in [-0.4, -0.2) is 33.7 Å². The average molecular weight is 296 g/mol. The zero-order chi connectivity index (χ0) is 15.2. The van der Waals surface area contributed by atoms with Crippen LogP contribution < -0.4 is 10.1 Å². The maximum atomic E-state index is 11.7. The lowest BCUT2D eigenvalue weighted by Crippen LogP contribution is -2.30. The van der Waals surface area contributed by atoms with Gasteiger partial charge in [0.15, 0.2) is 12.3 Å². The Kier molecular flexibility index (Phi) is 4.29. The summed E-state index contributed by atoms with van der Waals surface area (Å²) in [5.74, 6) is 1.35. The molecule has 0 bridgehead atoms. The van der Waals surface area contributed by atoms with Gasteiger partial charge in [0.05, 0.1) is 0 Å². The number of amides is 1. The summed E-state index contributed by atoms with van der Waals surface area (Å²) in [5.41, 5.74) is 0.802. The van der Waals surface area contributed by atoms with Gasteiger partial charge < -0.3 is 10.1 Å². The topological polar surface area (TPSA) is 68.5 Å². The van der Waals surface area contributed by atoms with Crippen molar-refractivity contribution in [2.75, 3.05) is 13.2 Å². The van der Waals surface area contributed by atoms with Crippen molar-refractivity contribution < 1.29 is 9.53 Å². The van der Waals surface area contributed by atoms with Gasteiger partial charge in [-0.15, -0.1) is 10.2 Å². The molecule has 112 valence electrons. The molecule has 0 radical (unpaired) electrons. The highest BCUT2D eigenvalue weighted by Gasteiger charge is 2.06. The van der Waals surface area contributed by atoms with E-state index >= 15 is 0 Å². The Balaban J connectivity index is 1.45. The third-order valence-corrected chi connectivity index (χ3v) is 3.17. The number of para-hydroxylation sites is 1. The van der Waals surface area contributed by atoms with Crippen molar-refractivity contribution >= 4 is 11.6 Å². The summed E-state index contributed by atoms with van der Waals surface area (Å²) in [6.45, 7) is 0.497. The van der Waals surface area contributed by atoms with Crippen molar-refractivity contribution in [2.24, 2.45) is 0 Å². The molecular formula is C16H16N4O2. The fourth-order valence-electron chi connectivity index (χ4n) is 2.09. The fraction of sp³-hybridized carbons (Fsp3) is 0.188. The Bertz CT molecular complexity index is 755. The lowest BCUT2D eigenvalue weighted by Gasteiger charge is -2.06. The molecule has 0 unspecified atom stereocenters. The first-order chi connectivity index (χ1) is 10.8. The molecule has 6 heteroatoms. The highest BCUT2D eigenvalue weighted by molar-refractivity contribution is 5.77. The smallest absolute Gasteiger partial charge is 0.257 e. The molecule has 3 aromatic rings. The summed E-state index contributed by atoms with van der Waals surface area (Å²) in [6, 6.07) is 15.0. The van der Waals surface area contributed by atoms with Crippen LogP contribution in [0.5, 0.6) is 5.75 Å². The minimum atomic E-state index is -0.155. The summed E-state index contributed by atoms with van der Waals surface area (Å²) in [4.78, 5) is 11.7. The molecule has 0 atom stereocenters. The van der Waals surface area contributed by atoms with Crippen molar-refractivity contribution in [2.45, 2.75) is 6.42 Å². The van der Waals surface area contributed by atoms with Crippen LogP contribution in [0.25, 0.3) is 5.65 Å². The van der Waals surface area contributed by atoms with E-state index < -0.39 is 0 Å². The first-order valence-electron chi connectivity index (χ1n) is 7.06. The van der Waals surface area contributed by atoms with E-state index in [0.29, 0.717) is 18.7 Å². The van der Waals surface area contributed by atoms with Crippen molar-refractivity contribution in [3.63, 3.8) is 0 Å². The first kappa shape index (κ1) is 14.1. The molecular weight excluding hydrogens is 280 g/mol. The van der Waals surface area contributed by atoms with Crippen LogP contribution in [-0.2, 0) is 11.2 Å². The quantitative estimate of drug-likeness (QED) is 0.748. The SMILES string of the molecule is O=C(COc1ccccc1)NCCc1nnc2ccccn12. The predicted molar refractivity (Wildman–Crippen MR) is 81.6 cm³/mol. The van der Waals surface area contributed by atoms with E-state index in [-0.39, 0.29) is 12.5 Å². The number of carbonyl (C=O) groups is 1. The molecule has 2 heterocycles. The standard InChI is InChI=1S/C16H16N4O2/c21-16(12-22-13-6-2-1-3-7-13)17-10-9-15-19-18-14-8-4-5-11-20(14)15/h1-8,11H,9-10,12H2,(H,17,21). The molecule has 0 aliphatic heterocycles. The third-order valence-electron chi connectivity index (χ3n) is 3.17. The molecule has 1 amide bonds. The zero-order valence-electron chi connectivity index (χ0n) is 12.0. The number of carbonyl (C=O) groups excluding carboxylic acids is 1. The minimum Gasteiger partial charge on any atom is -0.484 e. The van der Waals surface area contributed by atoms with E-state index in [2.05, 4.69) is 15.5 Å². The van der Waals surface area contributed by atoms with Gasteiger partial charge in [0.2, 0.25) is 0 Å². The molecule has 1 N–H and O–H groups in total. The van der Waals surface area contributed by atoms with Gasteiger partial charge in [-0.1, -0.05) is 24.3 Å². The molecule has 0 saturated heterocycles. The first-order valence-corrected chi connectivity index (χ1v) is 7.06. The Hall–Kier alpha value is -2.89. The van der Waals surface area contributed by atoms with Gasteiger partial charge in [-0.3, -0.25) is 9.20 Å². The van der Waals surface area contributed by atoms with Crippen LogP contribution in [0.2, 0.25) is 0 Å². The van der Waals surface area contributed by atoms with E-state index in [1.807, 2.05) is 59.1 Å². The van der Waals surface area contributed by atoms with Crippen molar-refractivity contribution in [3.8, 4) is 5.75 Å². The van der Waals surface area contributed by atoms with Gasteiger partial charge in [0.25, 0.3) is 5.91 Å². The van der Waals surface area contributed by atoms with Crippen molar-refractivity contribution in [1.29, 1.82) is 0 Å². The number of hydrogen-bond donors (Lipinski definition) is 1. The summed E-state index contributed by atoms with van der Waals surface area (Å²) >= 11 is 0. The number of nitrogens with zero attached hydrogens (tertiary/aromatic N) is 3. The average Bonchev–Trinajstić information content (AvgIpc) is 2.97. The highest BCUT2D eigenvalue weighted by Crippen LogP contribution is 2.07. The molecule has 0 aliphatic carbocycles. The third kappa shape index (κ3) is 3.41.